The van der Waals surface area contributed by atoms with Crippen LogP contribution >= 0.6 is 7.26 Å². The Morgan fingerprint density at radius 3 is 1.37 bits per heavy atom. The summed E-state index contributed by atoms with van der Waals surface area (Å²) < 4.78 is 10.5. The molecule has 4 aromatic carbocycles. The molecule has 218 valence electrons. The average molecular weight is 573 g/mol. The molecule has 0 aliphatic heterocycles. The Morgan fingerprint density at radius 1 is 0.537 bits per heavy atom. The fraction of sp³-hybridized carbons (Fsp3) is 0.333. The quantitative estimate of drug-likeness (QED) is 0.0884. The van der Waals surface area contributed by atoms with Gasteiger partial charge in [0.1, 0.15) is 0 Å². The Balaban J connectivity index is 1.33. The zero-order valence-electron chi connectivity index (χ0n) is 24.7. The fourth-order valence-electron chi connectivity index (χ4n) is 6.20. The Labute approximate surface area is 246 Å². The molecule has 0 spiro atoms. The van der Waals surface area contributed by atoms with Crippen LogP contribution in [0.1, 0.15) is 56.1 Å². The van der Waals surface area contributed by atoms with Crippen LogP contribution in [0.15, 0.2) is 91.0 Å². The Bertz CT molecular complexity index is 1260. The minimum atomic E-state index is -2.14. The van der Waals surface area contributed by atoms with Crippen LogP contribution in [0.4, 0.5) is 0 Å². The number of hydrogen-bond donors (Lipinski definition) is 2. The van der Waals surface area contributed by atoms with Gasteiger partial charge in [0, 0.05) is 0 Å². The fourth-order valence-corrected chi connectivity index (χ4v) is 11.1. The van der Waals surface area contributed by atoms with Crippen LogP contribution in [0.25, 0.3) is 0 Å². The molecule has 0 unspecified atom stereocenters. The van der Waals surface area contributed by atoms with Crippen LogP contribution in [-0.4, -0.2) is 30.6 Å². The maximum absolute atomic E-state index is 10.7. The van der Waals surface area contributed by atoms with Gasteiger partial charge in [0.15, 0.2) is 0 Å². The molecule has 0 saturated carbocycles. The van der Waals surface area contributed by atoms with Gasteiger partial charge in [-0.05, 0) is 0 Å². The Kier molecular flexibility index (Phi) is 11.1. The van der Waals surface area contributed by atoms with Gasteiger partial charge in [-0.1, -0.05) is 0 Å². The summed E-state index contributed by atoms with van der Waals surface area (Å²) in [5.74, 6) is 0.498. The Hall–Kier alpha value is -3.49. The zero-order chi connectivity index (χ0) is 29.1. The van der Waals surface area contributed by atoms with Crippen LogP contribution in [0.5, 0.6) is 23.0 Å². The second kappa shape index (κ2) is 14.9. The number of phenolic OH excluding ortho intramolecular Hbond substituents is 2. The van der Waals surface area contributed by atoms with Gasteiger partial charge in [-0.15, -0.1) is 0 Å². The van der Waals surface area contributed by atoms with Crippen molar-refractivity contribution in [3.63, 3.8) is 0 Å². The van der Waals surface area contributed by atoms with E-state index in [0.29, 0.717) is 12.0 Å². The van der Waals surface area contributed by atoms with Crippen LogP contribution in [-0.2, 0) is 6.42 Å². The van der Waals surface area contributed by atoms with E-state index in [-0.39, 0.29) is 23.0 Å². The molecule has 4 aromatic rings. The van der Waals surface area contributed by atoms with Gasteiger partial charge in [0.25, 0.3) is 0 Å². The summed E-state index contributed by atoms with van der Waals surface area (Å²) in [6.45, 7) is 1.82. The standard InChI is InChI=1S/C36H45O4P/c1-28-32(34(38)36(40-3)35(39-2)33(28)37)26-18-7-5-4-6-8-19-27-41(29-20-12-9-13-21-29,30-22-14-10-15-23-30)31-24-16-11-17-25-31/h9-17,20-25,37-38,41H,4-8,18-19,26-27H2,1-3H3. The summed E-state index contributed by atoms with van der Waals surface area (Å²) in [7, 11) is 0.800. The third-order valence-electron chi connectivity index (χ3n) is 8.42. The summed E-state index contributed by atoms with van der Waals surface area (Å²) >= 11 is 0. The summed E-state index contributed by atoms with van der Waals surface area (Å²) in [6, 6.07) is 33.5. The topological polar surface area (TPSA) is 58.9 Å². The summed E-state index contributed by atoms with van der Waals surface area (Å²) in [6.07, 6.45) is 9.98. The number of ether oxygens (including phenoxy) is 2. The van der Waals surface area contributed by atoms with Crippen molar-refractivity contribution >= 4 is 23.2 Å². The molecule has 0 atom stereocenters. The first-order valence-electron chi connectivity index (χ1n) is 14.9. The average Bonchev–Trinajstić information content (AvgIpc) is 3.02. The van der Waals surface area contributed by atoms with Gasteiger partial charge in [-0.2, -0.15) is 0 Å². The molecule has 2 N–H and O–H groups in total. The second-order valence-corrected chi connectivity index (χ2v) is 14.9. The van der Waals surface area contributed by atoms with E-state index in [9.17, 15) is 10.2 Å². The van der Waals surface area contributed by atoms with Gasteiger partial charge < -0.3 is 14.6 Å². The van der Waals surface area contributed by atoms with E-state index in [0.717, 1.165) is 24.8 Å². The predicted molar refractivity (Wildman–Crippen MR) is 175 cm³/mol. The van der Waals surface area contributed by atoms with E-state index in [4.69, 9.17) is 9.47 Å². The molecular weight excluding hydrogens is 527 g/mol. The number of methoxy groups -OCH3 is 2. The van der Waals surface area contributed by atoms with Crippen molar-refractivity contribution in [3.05, 3.63) is 102 Å². The first-order chi connectivity index (χ1) is 20.0. The first-order valence-corrected chi connectivity index (χ1v) is 17.1. The van der Waals surface area contributed by atoms with E-state index in [2.05, 4.69) is 91.0 Å². The molecular formula is C36H45O4P. The van der Waals surface area contributed by atoms with E-state index in [1.54, 1.807) is 0 Å². The molecule has 41 heavy (non-hydrogen) atoms. The third-order valence-corrected chi connectivity index (χ3v) is 13.5. The van der Waals surface area contributed by atoms with Crippen molar-refractivity contribution in [1.82, 2.24) is 0 Å². The molecule has 0 fully saturated rings. The monoisotopic (exact) mass is 572 g/mol. The molecule has 0 aliphatic rings. The van der Waals surface area contributed by atoms with E-state index >= 15 is 0 Å². The normalized spacial score (nSPS) is 11.8. The molecule has 0 aromatic heterocycles. The molecule has 0 radical (unpaired) electrons. The van der Waals surface area contributed by atoms with Crippen molar-refractivity contribution < 1.29 is 19.7 Å². The van der Waals surface area contributed by atoms with Gasteiger partial charge in [-0.25, -0.2) is 0 Å². The van der Waals surface area contributed by atoms with Crippen LogP contribution in [0.2, 0.25) is 0 Å². The van der Waals surface area contributed by atoms with Crippen LogP contribution < -0.4 is 25.4 Å². The summed E-state index contributed by atoms with van der Waals surface area (Å²) in [5, 5.41) is 25.7. The maximum atomic E-state index is 10.7. The van der Waals surface area contributed by atoms with Crippen LogP contribution in [0, 0.1) is 6.92 Å². The van der Waals surface area contributed by atoms with Crippen molar-refractivity contribution in [1.29, 1.82) is 0 Å². The number of unbranched alkanes of at least 4 members (excludes halogenated alkanes) is 6. The minimum Gasteiger partial charge on any atom is -0.490 e. The summed E-state index contributed by atoms with van der Waals surface area (Å²) in [5.41, 5.74) is 1.40. The van der Waals surface area contributed by atoms with E-state index in [1.807, 2.05) is 6.92 Å². The van der Waals surface area contributed by atoms with Gasteiger partial charge in [-0.3, -0.25) is 0 Å². The molecule has 0 amide bonds. The van der Waals surface area contributed by atoms with E-state index in [1.165, 1.54) is 62.0 Å². The molecule has 0 heterocycles. The molecule has 5 heteroatoms. The zero-order valence-corrected chi connectivity index (χ0v) is 25.7. The van der Waals surface area contributed by atoms with Gasteiger partial charge in [0.05, 0.1) is 14.2 Å². The van der Waals surface area contributed by atoms with Crippen molar-refractivity contribution in [2.45, 2.75) is 58.3 Å². The third kappa shape index (κ3) is 6.88. The number of benzene rings is 4. The molecule has 0 bridgehead atoms. The number of rotatable bonds is 15. The summed E-state index contributed by atoms with van der Waals surface area (Å²) in [4.78, 5) is 0. The Morgan fingerprint density at radius 2 is 0.927 bits per heavy atom. The van der Waals surface area contributed by atoms with Crippen molar-refractivity contribution in [2.75, 3.05) is 20.4 Å². The first kappa shape index (κ1) is 30.5. The number of aromatic hydroxyl groups is 2. The molecule has 0 saturated heterocycles. The van der Waals surface area contributed by atoms with Crippen molar-refractivity contribution in [3.8, 4) is 23.0 Å². The smallest absolute Gasteiger partial charge is 0.490 e. The SMILES string of the molecule is COc1c(O)c(C)c(CCCCCCCCC[PH](c2ccccc2)(c2ccccc2)c2ccccc2)c(O)c1OC. The number of hydrogen-bond acceptors (Lipinski definition) is 4. The van der Waals surface area contributed by atoms with E-state index < -0.39 is 7.26 Å². The van der Waals surface area contributed by atoms with Gasteiger partial charge in [0.2, 0.25) is 5.75 Å². The van der Waals surface area contributed by atoms with Gasteiger partial charge >= 0.3 is 212 Å². The molecule has 4 nitrogen and oxygen atoms in total. The van der Waals surface area contributed by atoms with Crippen LogP contribution in [0.3, 0.4) is 0 Å². The second-order valence-electron chi connectivity index (χ2n) is 10.8. The minimum absolute atomic E-state index is 0.0401. The molecule has 0 aliphatic carbocycles. The van der Waals surface area contributed by atoms with Crippen molar-refractivity contribution in [2.24, 2.45) is 0 Å². The molecule has 4 rings (SSSR count). The number of phenols is 2. The predicted octanol–water partition coefficient (Wildman–Crippen LogP) is 7.42.